The van der Waals surface area contributed by atoms with Crippen LogP contribution in [0.25, 0.3) is 0 Å². The van der Waals surface area contributed by atoms with Crippen LogP contribution in [0.2, 0.25) is 0 Å². The first kappa shape index (κ1) is 43.1. The van der Waals surface area contributed by atoms with E-state index in [1.165, 1.54) is 83.5 Å². The SMILES string of the molecule is CC/C=C\C/C=C\C/C=C\C/C=C\C/C=C\CCCCCCCC(=O)OC(CO)COCCCCCCCCCCCCCC. The highest BCUT2D eigenvalue weighted by Gasteiger charge is 2.13. The Labute approximate surface area is 279 Å². The molecule has 0 aromatic heterocycles. The van der Waals surface area contributed by atoms with Crippen LogP contribution in [0.1, 0.15) is 168 Å². The molecule has 1 unspecified atom stereocenters. The van der Waals surface area contributed by atoms with Crippen molar-refractivity contribution in [3.05, 3.63) is 60.8 Å². The van der Waals surface area contributed by atoms with Gasteiger partial charge in [-0.25, -0.2) is 0 Å². The van der Waals surface area contributed by atoms with Crippen LogP contribution in [0.4, 0.5) is 0 Å². The van der Waals surface area contributed by atoms with Crippen LogP contribution < -0.4 is 0 Å². The predicted molar refractivity (Wildman–Crippen MR) is 196 cm³/mol. The fourth-order valence-corrected chi connectivity index (χ4v) is 5.06. The Morgan fingerprint density at radius 1 is 0.556 bits per heavy atom. The largest absolute Gasteiger partial charge is 0.457 e. The summed E-state index contributed by atoms with van der Waals surface area (Å²) in [5, 5.41) is 9.55. The lowest BCUT2D eigenvalue weighted by Gasteiger charge is -2.15. The van der Waals surface area contributed by atoms with E-state index in [4.69, 9.17) is 9.47 Å². The number of ether oxygens (including phenoxy) is 2. The molecule has 0 aliphatic rings. The quantitative estimate of drug-likeness (QED) is 0.0437. The predicted octanol–water partition coefficient (Wildman–Crippen LogP) is 12.1. The first-order valence-corrected chi connectivity index (χ1v) is 18.9. The second-order valence-corrected chi connectivity index (χ2v) is 12.3. The van der Waals surface area contributed by atoms with Crippen LogP contribution in [0, 0.1) is 0 Å². The molecule has 4 nitrogen and oxygen atoms in total. The van der Waals surface area contributed by atoms with Gasteiger partial charge in [-0.1, -0.05) is 164 Å². The molecule has 0 aliphatic heterocycles. The molecule has 0 aliphatic carbocycles. The third-order valence-electron chi connectivity index (χ3n) is 7.86. The maximum absolute atomic E-state index is 12.1. The second kappa shape index (κ2) is 38.3. The third kappa shape index (κ3) is 36.4. The van der Waals surface area contributed by atoms with E-state index in [2.05, 4.69) is 74.6 Å². The summed E-state index contributed by atoms with van der Waals surface area (Å²) in [6.45, 7) is 5.21. The minimum absolute atomic E-state index is 0.181. The minimum atomic E-state index is -0.543. The number of hydrogen-bond donors (Lipinski definition) is 1. The fraction of sp³-hybridized carbons (Fsp3) is 0.732. The van der Waals surface area contributed by atoms with Crippen molar-refractivity contribution in [3.8, 4) is 0 Å². The topological polar surface area (TPSA) is 55.8 Å². The molecule has 0 radical (unpaired) electrons. The van der Waals surface area contributed by atoms with E-state index < -0.39 is 6.10 Å². The highest BCUT2D eigenvalue weighted by molar-refractivity contribution is 5.69. The molecule has 0 rings (SSSR count). The first-order valence-electron chi connectivity index (χ1n) is 18.9. The van der Waals surface area contributed by atoms with E-state index in [1.54, 1.807) is 0 Å². The summed E-state index contributed by atoms with van der Waals surface area (Å²) < 4.78 is 11.1. The second-order valence-electron chi connectivity index (χ2n) is 12.3. The highest BCUT2D eigenvalue weighted by Crippen LogP contribution is 2.12. The summed E-state index contributed by atoms with van der Waals surface area (Å²) in [5.41, 5.74) is 0. The van der Waals surface area contributed by atoms with Gasteiger partial charge in [0.2, 0.25) is 0 Å². The number of carbonyl (C=O) groups is 1. The van der Waals surface area contributed by atoms with Crippen LogP contribution in [-0.2, 0) is 14.3 Å². The lowest BCUT2D eigenvalue weighted by Crippen LogP contribution is -2.27. The summed E-state index contributed by atoms with van der Waals surface area (Å²) >= 11 is 0. The number of carbonyl (C=O) groups excluding carboxylic acids is 1. The molecule has 0 saturated carbocycles. The number of hydrogen-bond acceptors (Lipinski definition) is 4. The standard InChI is InChI=1S/C41H72O4/c1-3-5-7-9-11-13-15-17-18-19-20-21-22-23-24-25-26-28-30-32-34-36-41(43)45-40(38-42)39-44-37-35-33-31-29-27-16-14-12-10-8-6-4-2/h5,7,11,13,17-18,20-21,23-24,40,42H,3-4,6,8-10,12,14-16,19,22,25-39H2,1-2H3/b7-5-,13-11-,18-17-,21-20-,24-23-. The zero-order valence-electron chi connectivity index (χ0n) is 29.6. The molecule has 0 amide bonds. The summed E-state index contributed by atoms with van der Waals surface area (Å²) in [6.07, 6.45) is 49.7. The zero-order chi connectivity index (χ0) is 32.7. The molecule has 0 aromatic rings. The van der Waals surface area contributed by atoms with E-state index in [9.17, 15) is 9.90 Å². The van der Waals surface area contributed by atoms with Crippen LogP contribution in [0.3, 0.4) is 0 Å². The Morgan fingerprint density at radius 2 is 1.00 bits per heavy atom. The Bertz CT molecular complexity index is 749. The van der Waals surface area contributed by atoms with Crippen molar-refractivity contribution >= 4 is 5.97 Å². The number of aliphatic hydroxyl groups is 1. The lowest BCUT2D eigenvalue weighted by molar-refractivity contribution is -0.154. The average molecular weight is 629 g/mol. The number of aliphatic hydroxyl groups excluding tert-OH is 1. The van der Waals surface area contributed by atoms with E-state index in [0.717, 1.165) is 64.2 Å². The number of allylic oxidation sites excluding steroid dienone is 10. The molecule has 0 fully saturated rings. The summed E-state index contributed by atoms with van der Waals surface area (Å²) in [5.74, 6) is -0.221. The Hall–Kier alpha value is -1.91. The van der Waals surface area contributed by atoms with E-state index in [-0.39, 0.29) is 19.2 Å². The van der Waals surface area contributed by atoms with E-state index in [1.807, 2.05) is 0 Å². The number of unbranched alkanes of at least 4 members (excludes halogenated alkanes) is 16. The lowest BCUT2D eigenvalue weighted by atomic mass is 10.1. The molecule has 0 spiro atoms. The van der Waals surface area contributed by atoms with Gasteiger partial charge in [0.05, 0.1) is 13.2 Å². The Balaban J connectivity index is 3.53. The maximum Gasteiger partial charge on any atom is 0.306 e. The molecular weight excluding hydrogens is 556 g/mol. The van der Waals surface area contributed by atoms with Crippen molar-refractivity contribution < 1.29 is 19.4 Å². The molecule has 0 bridgehead atoms. The van der Waals surface area contributed by atoms with Crippen LogP contribution in [-0.4, -0.2) is 37.0 Å². The van der Waals surface area contributed by atoms with Gasteiger partial charge in [0.15, 0.2) is 0 Å². The van der Waals surface area contributed by atoms with E-state index >= 15 is 0 Å². The van der Waals surface area contributed by atoms with Crippen LogP contribution in [0.15, 0.2) is 60.8 Å². The molecule has 0 saturated heterocycles. The van der Waals surface area contributed by atoms with Crippen molar-refractivity contribution in [1.82, 2.24) is 0 Å². The van der Waals surface area contributed by atoms with Gasteiger partial charge in [-0.05, 0) is 57.8 Å². The Morgan fingerprint density at radius 3 is 1.51 bits per heavy atom. The molecule has 0 heterocycles. The summed E-state index contributed by atoms with van der Waals surface area (Å²) in [6, 6.07) is 0. The van der Waals surface area contributed by atoms with Crippen LogP contribution in [0.5, 0.6) is 0 Å². The minimum Gasteiger partial charge on any atom is -0.457 e. The van der Waals surface area contributed by atoms with Crippen molar-refractivity contribution in [2.75, 3.05) is 19.8 Å². The molecule has 4 heteroatoms. The molecule has 0 aromatic carbocycles. The van der Waals surface area contributed by atoms with E-state index in [0.29, 0.717) is 13.0 Å². The summed E-state index contributed by atoms with van der Waals surface area (Å²) in [7, 11) is 0. The van der Waals surface area contributed by atoms with Gasteiger partial charge in [0.1, 0.15) is 6.10 Å². The van der Waals surface area contributed by atoms with Crippen LogP contribution >= 0.6 is 0 Å². The van der Waals surface area contributed by atoms with Gasteiger partial charge in [-0.3, -0.25) is 4.79 Å². The van der Waals surface area contributed by atoms with Gasteiger partial charge in [0, 0.05) is 13.0 Å². The summed E-state index contributed by atoms with van der Waals surface area (Å²) in [4.78, 5) is 12.1. The highest BCUT2D eigenvalue weighted by atomic mass is 16.6. The van der Waals surface area contributed by atoms with Crippen molar-refractivity contribution in [2.45, 2.75) is 174 Å². The number of rotatable bonds is 34. The van der Waals surface area contributed by atoms with Gasteiger partial charge in [-0.2, -0.15) is 0 Å². The van der Waals surface area contributed by atoms with Gasteiger partial charge >= 0.3 is 5.97 Å². The molecule has 260 valence electrons. The van der Waals surface area contributed by atoms with Crippen molar-refractivity contribution in [2.24, 2.45) is 0 Å². The van der Waals surface area contributed by atoms with Gasteiger partial charge < -0.3 is 14.6 Å². The van der Waals surface area contributed by atoms with Gasteiger partial charge in [-0.15, -0.1) is 0 Å². The zero-order valence-corrected chi connectivity index (χ0v) is 29.6. The maximum atomic E-state index is 12.1. The third-order valence-corrected chi connectivity index (χ3v) is 7.86. The van der Waals surface area contributed by atoms with Gasteiger partial charge in [0.25, 0.3) is 0 Å². The average Bonchev–Trinajstić information content (AvgIpc) is 3.05. The molecular formula is C41H72O4. The van der Waals surface area contributed by atoms with Crippen molar-refractivity contribution in [3.63, 3.8) is 0 Å². The molecule has 1 atom stereocenters. The monoisotopic (exact) mass is 629 g/mol. The van der Waals surface area contributed by atoms with Crippen molar-refractivity contribution in [1.29, 1.82) is 0 Å². The molecule has 1 N–H and O–H groups in total. The number of esters is 1. The fourth-order valence-electron chi connectivity index (χ4n) is 5.06. The first-order chi connectivity index (χ1) is 22.2. The Kier molecular flexibility index (Phi) is 36.6. The smallest absolute Gasteiger partial charge is 0.306 e. The normalized spacial score (nSPS) is 13.0. The molecule has 45 heavy (non-hydrogen) atoms.